The van der Waals surface area contributed by atoms with Gasteiger partial charge in [-0.25, -0.2) is 13.8 Å². The molecule has 0 aliphatic rings. The lowest BCUT2D eigenvalue weighted by Gasteiger charge is -2.13. The molecule has 1 heterocycles. The summed E-state index contributed by atoms with van der Waals surface area (Å²) in [7, 11) is 0. The van der Waals surface area contributed by atoms with E-state index >= 15 is 0 Å². The van der Waals surface area contributed by atoms with E-state index in [-0.39, 0.29) is 12.5 Å². The van der Waals surface area contributed by atoms with Gasteiger partial charge in [0.25, 0.3) is 5.91 Å². The molecule has 3 rings (SSSR count). The molecule has 6 heteroatoms. The molecule has 174 valence electrons. The lowest BCUT2D eigenvalue weighted by molar-refractivity contribution is 0.0950. The zero-order valence-electron chi connectivity index (χ0n) is 19.2. The smallest absolute Gasteiger partial charge is 0.251 e. The van der Waals surface area contributed by atoms with E-state index < -0.39 is 11.6 Å². The van der Waals surface area contributed by atoms with Crippen molar-refractivity contribution in [2.45, 2.75) is 26.8 Å². The van der Waals surface area contributed by atoms with Crippen molar-refractivity contribution in [1.29, 1.82) is 0 Å². The normalized spacial score (nSPS) is 11.8. The van der Waals surface area contributed by atoms with E-state index in [0.717, 1.165) is 34.3 Å². The maximum Gasteiger partial charge on any atom is 0.251 e. The number of nitrogens with zero attached hydrogens (tertiary/aromatic N) is 1. The SMILES string of the molecule is C=C/C=C(\C=C(/C)Nc1ccccn1)Cc1cccc(C(=O)NCc2cc(F)cc(F)c2)c1C. The van der Waals surface area contributed by atoms with E-state index in [1.54, 1.807) is 18.3 Å². The Bertz CT molecular complexity index is 1210. The van der Waals surface area contributed by atoms with Crippen LogP contribution < -0.4 is 10.6 Å². The third-order valence-electron chi connectivity index (χ3n) is 5.18. The number of pyridine rings is 1. The van der Waals surface area contributed by atoms with Crippen LogP contribution in [0, 0.1) is 18.6 Å². The highest BCUT2D eigenvalue weighted by Crippen LogP contribution is 2.20. The van der Waals surface area contributed by atoms with E-state index in [1.165, 1.54) is 12.1 Å². The van der Waals surface area contributed by atoms with Crippen LogP contribution in [0.4, 0.5) is 14.6 Å². The first kappa shape index (κ1) is 24.6. The van der Waals surface area contributed by atoms with Gasteiger partial charge in [0.2, 0.25) is 0 Å². The van der Waals surface area contributed by atoms with Crippen LogP contribution in [-0.4, -0.2) is 10.9 Å². The van der Waals surface area contributed by atoms with Crippen molar-refractivity contribution < 1.29 is 13.6 Å². The van der Waals surface area contributed by atoms with Gasteiger partial charge in [-0.2, -0.15) is 0 Å². The summed E-state index contributed by atoms with van der Waals surface area (Å²) in [5, 5.41) is 6.00. The van der Waals surface area contributed by atoms with Gasteiger partial charge >= 0.3 is 0 Å². The van der Waals surface area contributed by atoms with Gasteiger partial charge in [0.05, 0.1) is 0 Å². The van der Waals surface area contributed by atoms with Gasteiger partial charge < -0.3 is 10.6 Å². The summed E-state index contributed by atoms with van der Waals surface area (Å²) < 4.78 is 26.8. The lowest BCUT2D eigenvalue weighted by Crippen LogP contribution is -2.24. The Morgan fingerprint density at radius 2 is 1.85 bits per heavy atom. The highest BCUT2D eigenvalue weighted by atomic mass is 19.1. The molecule has 4 nitrogen and oxygen atoms in total. The Hall–Kier alpha value is -4.06. The molecule has 0 saturated heterocycles. The van der Waals surface area contributed by atoms with Crippen LogP contribution in [0.3, 0.4) is 0 Å². The second-order valence-electron chi connectivity index (χ2n) is 7.87. The van der Waals surface area contributed by atoms with Crippen molar-refractivity contribution in [2.24, 2.45) is 0 Å². The molecule has 3 aromatic rings. The molecular weight excluding hydrogens is 432 g/mol. The highest BCUT2D eigenvalue weighted by Gasteiger charge is 2.13. The molecule has 1 amide bonds. The Morgan fingerprint density at radius 3 is 2.53 bits per heavy atom. The minimum absolute atomic E-state index is 0.0277. The van der Waals surface area contributed by atoms with E-state index in [4.69, 9.17) is 0 Å². The fourth-order valence-corrected chi connectivity index (χ4v) is 3.59. The molecular formula is C28H27F2N3O. The number of rotatable bonds is 9. The first-order chi connectivity index (χ1) is 16.4. The number of carbonyl (C=O) groups excluding carboxylic acids is 1. The first-order valence-electron chi connectivity index (χ1n) is 10.9. The molecule has 0 radical (unpaired) electrons. The standard InChI is InChI=1S/C28H27F2N3O/c1-4-8-21(13-19(2)33-27-11-5-6-12-31-27)14-23-9-7-10-26(20(23)3)28(34)32-18-22-15-24(29)17-25(30)16-22/h4-13,15-17H,1,14,18H2,2-3H3,(H,31,33)(H,32,34)/b19-13+,21-8+. The van der Waals surface area contributed by atoms with Crippen LogP contribution >= 0.6 is 0 Å². The number of allylic oxidation sites excluding steroid dienone is 5. The zero-order valence-corrected chi connectivity index (χ0v) is 19.2. The van der Waals surface area contributed by atoms with Crippen molar-refractivity contribution in [2.75, 3.05) is 5.32 Å². The van der Waals surface area contributed by atoms with Crippen molar-refractivity contribution in [3.8, 4) is 0 Å². The quantitative estimate of drug-likeness (QED) is 0.371. The maximum absolute atomic E-state index is 13.4. The van der Waals surface area contributed by atoms with Gasteiger partial charge in [-0.05, 0) is 78.9 Å². The molecule has 2 aromatic carbocycles. The van der Waals surface area contributed by atoms with Gasteiger partial charge in [-0.3, -0.25) is 4.79 Å². The van der Waals surface area contributed by atoms with Gasteiger partial charge in [0, 0.05) is 30.1 Å². The predicted molar refractivity (Wildman–Crippen MR) is 132 cm³/mol. The monoisotopic (exact) mass is 459 g/mol. The van der Waals surface area contributed by atoms with Crippen molar-refractivity contribution in [3.05, 3.63) is 131 Å². The van der Waals surface area contributed by atoms with Gasteiger partial charge in [-0.15, -0.1) is 0 Å². The number of amides is 1. The summed E-state index contributed by atoms with van der Waals surface area (Å²) in [4.78, 5) is 17.1. The fraction of sp³-hybridized carbons (Fsp3) is 0.143. The lowest BCUT2D eigenvalue weighted by atomic mass is 9.95. The summed E-state index contributed by atoms with van der Waals surface area (Å²) >= 11 is 0. The molecule has 0 fully saturated rings. The maximum atomic E-state index is 13.4. The zero-order chi connectivity index (χ0) is 24.5. The third-order valence-corrected chi connectivity index (χ3v) is 5.18. The molecule has 0 spiro atoms. The van der Waals surface area contributed by atoms with Gasteiger partial charge in [-0.1, -0.05) is 36.9 Å². The topological polar surface area (TPSA) is 54.0 Å². The first-order valence-corrected chi connectivity index (χ1v) is 10.9. The fourth-order valence-electron chi connectivity index (χ4n) is 3.59. The molecule has 1 aromatic heterocycles. The molecule has 0 aliphatic heterocycles. The van der Waals surface area contributed by atoms with Gasteiger partial charge in [0.1, 0.15) is 17.5 Å². The number of nitrogens with one attached hydrogen (secondary N) is 2. The summed E-state index contributed by atoms with van der Waals surface area (Å²) in [5.41, 5.74) is 4.62. The third kappa shape index (κ3) is 6.97. The Kier molecular flexibility index (Phi) is 8.46. The van der Waals surface area contributed by atoms with Crippen molar-refractivity contribution in [1.82, 2.24) is 10.3 Å². The highest BCUT2D eigenvalue weighted by molar-refractivity contribution is 5.95. The van der Waals surface area contributed by atoms with Crippen LogP contribution in [-0.2, 0) is 13.0 Å². The van der Waals surface area contributed by atoms with E-state index in [0.29, 0.717) is 17.5 Å². The molecule has 0 atom stereocenters. The Balaban J connectivity index is 1.74. The van der Waals surface area contributed by atoms with Crippen LogP contribution in [0.15, 0.2) is 96.9 Å². The average molecular weight is 460 g/mol. The predicted octanol–water partition coefficient (Wildman–Crippen LogP) is 6.27. The molecule has 0 saturated carbocycles. The van der Waals surface area contributed by atoms with Crippen molar-refractivity contribution >= 4 is 11.7 Å². The average Bonchev–Trinajstić information content (AvgIpc) is 2.79. The summed E-state index contributed by atoms with van der Waals surface area (Å²) in [6.07, 6.45) is 7.98. The molecule has 0 aliphatic carbocycles. The molecule has 0 unspecified atom stereocenters. The summed E-state index contributed by atoms with van der Waals surface area (Å²) in [5.74, 6) is -0.904. The summed E-state index contributed by atoms with van der Waals surface area (Å²) in [6, 6.07) is 14.4. The largest absolute Gasteiger partial charge is 0.348 e. The second kappa shape index (κ2) is 11.7. The minimum Gasteiger partial charge on any atom is -0.348 e. The van der Waals surface area contributed by atoms with Crippen LogP contribution in [0.25, 0.3) is 0 Å². The molecule has 0 bridgehead atoms. The van der Waals surface area contributed by atoms with Crippen molar-refractivity contribution in [3.63, 3.8) is 0 Å². The minimum atomic E-state index is -0.676. The van der Waals surface area contributed by atoms with E-state index in [1.807, 2.05) is 56.3 Å². The number of carbonyl (C=O) groups is 1. The molecule has 2 N–H and O–H groups in total. The number of anilines is 1. The number of aromatic nitrogens is 1. The molecule has 34 heavy (non-hydrogen) atoms. The van der Waals surface area contributed by atoms with Gasteiger partial charge in [0.15, 0.2) is 0 Å². The van der Waals surface area contributed by atoms with Crippen LogP contribution in [0.2, 0.25) is 0 Å². The number of benzene rings is 2. The van der Waals surface area contributed by atoms with E-state index in [2.05, 4.69) is 22.2 Å². The van der Waals surface area contributed by atoms with Crippen LogP contribution in [0.5, 0.6) is 0 Å². The Morgan fingerprint density at radius 1 is 1.09 bits per heavy atom. The number of halogens is 2. The van der Waals surface area contributed by atoms with Crippen LogP contribution in [0.1, 0.15) is 34.0 Å². The van der Waals surface area contributed by atoms with E-state index in [9.17, 15) is 13.6 Å². The second-order valence-corrected chi connectivity index (χ2v) is 7.87. The summed E-state index contributed by atoms with van der Waals surface area (Å²) in [6.45, 7) is 7.68. The number of hydrogen-bond donors (Lipinski definition) is 2. The Labute approximate surface area is 198 Å². The number of hydrogen-bond acceptors (Lipinski definition) is 3.